The summed E-state index contributed by atoms with van der Waals surface area (Å²) >= 11 is 0. The molecule has 2 amide bonds. The third-order valence-electron chi connectivity index (χ3n) is 4.71. The van der Waals surface area contributed by atoms with Gasteiger partial charge < -0.3 is 9.72 Å². The van der Waals surface area contributed by atoms with Gasteiger partial charge in [0, 0.05) is 31.5 Å². The van der Waals surface area contributed by atoms with Crippen molar-refractivity contribution in [2.45, 2.75) is 25.9 Å². The summed E-state index contributed by atoms with van der Waals surface area (Å²) in [5.74, 6) is -0.392. The Labute approximate surface area is 151 Å². The number of benzene rings is 1. The van der Waals surface area contributed by atoms with Crippen molar-refractivity contribution in [1.82, 2.24) is 19.6 Å². The molecule has 1 atom stereocenters. The van der Waals surface area contributed by atoms with Crippen LogP contribution in [-0.2, 0) is 6.54 Å². The van der Waals surface area contributed by atoms with Crippen LogP contribution in [0.3, 0.4) is 0 Å². The van der Waals surface area contributed by atoms with Gasteiger partial charge in [-0.05, 0) is 37.6 Å². The van der Waals surface area contributed by atoms with Gasteiger partial charge in [-0.1, -0.05) is 18.2 Å². The minimum atomic E-state index is -0.196. The average molecular weight is 348 g/mol. The second kappa shape index (κ2) is 6.72. The number of imidazole rings is 1. The number of nitrogens with one attached hydrogen (secondary N) is 1. The van der Waals surface area contributed by atoms with E-state index in [9.17, 15) is 9.59 Å². The summed E-state index contributed by atoms with van der Waals surface area (Å²) in [6.45, 7) is 3.10. The van der Waals surface area contributed by atoms with Crippen LogP contribution >= 0.6 is 0 Å². The number of amides is 2. The zero-order valence-electron chi connectivity index (χ0n) is 14.6. The lowest BCUT2D eigenvalue weighted by molar-refractivity contribution is 0.0649. The molecule has 0 unspecified atom stereocenters. The van der Waals surface area contributed by atoms with Gasteiger partial charge in [0.25, 0.3) is 11.8 Å². The standard InChI is InChI=1S/C20H20N4O2/c1-14(21-12-15-13-23-10-5-4-8-18(23)22-15)9-11-24-19(25)16-6-2-3-7-17(16)20(24)26/h2-8,10,13-14,21H,9,11-12H2,1H3/t14-/m0/s1. The van der Waals surface area contributed by atoms with Crippen molar-refractivity contribution in [1.29, 1.82) is 0 Å². The number of nitrogens with zero attached hydrogens (tertiary/aromatic N) is 3. The summed E-state index contributed by atoms with van der Waals surface area (Å²) in [4.78, 5) is 30.6. The molecule has 0 saturated heterocycles. The van der Waals surface area contributed by atoms with E-state index in [0.29, 0.717) is 30.6 Å². The van der Waals surface area contributed by atoms with Gasteiger partial charge in [-0.2, -0.15) is 0 Å². The lowest BCUT2D eigenvalue weighted by Gasteiger charge is -2.18. The Morgan fingerprint density at radius 1 is 1.04 bits per heavy atom. The highest BCUT2D eigenvalue weighted by Crippen LogP contribution is 2.22. The number of aromatic nitrogens is 2. The van der Waals surface area contributed by atoms with E-state index in [1.54, 1.807) is 24.3 Å². The van der Waals surface area contributed by atoms with Gasteiger partial charge in [0.15, 0.2) is 0 Å². The van der Waals surface area contributed by atoms with Crippen molar-refractivity contribution in [2.75, 3.05) is 6.54 Å². The number of hydrogen-bond acceptors (Lipinski definition) is 4. The van der Waals surface area contributed by atoms with Crippen molar-refractivity contribution in [3.8, 4) is 0 Å². The van der Waals surface area contributed by atoms with Crippen LogP contribution in [0.2, 0.25) is 0 Å². The molecule has 132 valence electrons. The third kappa shape index (κ3) is 2.99. The summed E-state index contributed by atoms with van der Waals surface area (Å²) in [5, 5.41) is 3.41. The van der Waals surface area contributed by atoms with Gasteiger partial charge in [0.1, 0.15) is 5.65 Å². The number of fused-ring (bicyclic) bond motifs is 2. The molecule has 0 aliphatic carbocycles. The maximum Gasteiger partial charge on any atom is 0.261 e. The molecule has 0 fully saturated rings. The first-order valence-corrected chi connectivity index (χ1v) is 8.74. The Balaban J connectivity index is 1.32. The molecule has 3 heterocycles. The highest BCUT2D eigenvalue weighted by atomic mass is 16.2. The maximum atomic E-state index is 12.4. The second-order valence-corrected chi connectivity index (χ2v) is 6.58. The van der Waals surface area contributed by atoms with E-state index in [1.807, 2.05) is 41.9 Å². The molecule has 0 bridgehead atoms. The van der Waals surface area contributed by atoms with Gasteiger partial charge in [-0.3, -0.25) is 14.5 Å². The van der Waals surface area contributed by atoms with Crippen LogP contribution in [0.4, 0.5) is 0 Å². The van der Waals surface area contributed by atoms with Crippen molar-refractivity contribution >= 4 is 17.5 Å². The summed E-state index contributed by atoms with van der Waals surface area (Å²) < 4.78 is 1.99. The molecule has 1 aromatic carbocycles. The Morgan fingerprint density at radius 2 is 1.73 bits per heavy atom. The molecule has 2 aromatic heterocycles. The average Bonchev–Trinajstić information content (AvgIpc) is 3.18. The number of imide groups is 1. The van der Waals surface area contributed by atoms with Crippen molar-refractivity contribution in [2.24, 2.45) is 0 Å². The number of rotatable bonds is 6. The first-order valence-electron chi connectivity index (χ1n) is 8.74. The number of carbonyl (C=O) groups is 2. The van der Waals surface area contributed by atoms with E-state index in [4.69, 9.17) is 0 Å². The zero-order valence-corrected chi connectivity index (χ0v) is 14.6. The maximum absolute atomic E-state index is 12.4. The Bertz CT molecular complexity index is 911. The summed E-state index contributed by atoms with van der Waals surface area (Å²) in [7, 11) is 0. The number of pyridine rings is 1. The molecule has 26 heavy (non-hydrogen) atoms. The van der Waals surface area contributed by atoms with Crippen LogP contribution in [0.1, 0.15) is 39.8 Å². The van der Waals surface area contributed by atoms with Gasteiger partial charge >= 0.3 is 0 Å². The fourth-order valence-electron chi connectivity index (χ4n) is 3.22. The van der Waals surface area contributed by atoms with Gasteiger partial charge in [0.2, 0.25) is 0 Å². The normalized spacial score (nSPS) is 14.9. The molecule has 0 saturated carbocycles. The quantitative estimate of drug-likeness (QED) is 0.695. The lowest BCUT2D eigenvalue weighted by Crippen LogP contribution is -2.35. The SMILES string of the molecule is C[C@@H](CCN1C(=O)c2ccccc2C1=O)NCc1cn2ccccc2n1. The Morgan fingerprint density at radius 3 is 2.42 bits per heavy atom. The molecule has 1 N–H and O–H groups in total. The third-order valence-corrected chi connectivity index (χ3v) is 4.71. The predicted octanol–water partition coefficient (Wildman–Crippen LogP) is 2.50. The Kier molecular flexibility index (Phi) is 4.26. The summed E-state index contributed by atoms with van der Waals surface area (Å²) in [5.41, 5.74) is 2.89. The molecule has 1 aliphatic heterocycles. The lowest BCUT2D eigenvalue weighted by atomic mass is 10.1. The van der Waals surface area contributed by atoms with Crippen molar-refractivity contribution in [3.63, 3.8) is 0 Å². The van der Waals surface area contributed by atoms with E-state index >= 15 is 0 Å². The fourth-order valence-corrected chi connectivity index (χ4v) is 3.22. The molecule has 0 radical (unpaired) electrons. The molecule has 6 nitrogen and oxygen atoms in total. The van der Waals surface area contributed by atoms with Gasteiger partial charge in [0.05, 0.1) is 16.8 Å². The summed E-state index contributed by atoms with van der Waals surface area (Å²) in [6, 6.07) is 13.0. The van der Waals surface area contributed by atoms with Crippen LogP contribution < -0.4 is 5.32 Å². The molecule has 4 rings (SSSR count). The minimum absolute atomic E-state index is 0.157. The fraction of sp³-hybridized carbons (Fsp3) is 0.250. The predicted molar refractivity (Wildman–Crippen MR) is 97.9 cm³/mol. The van der Waals surface area contributed by atoms with Crippen LogP contribution in [0.25, 0.3) is 5.65 Å². The van der Waals surface area contributed by atoms with Crippen LogP contribution in [0.15, 0.2) is 54.9 Å². The molecular weight excluding hydrogens is 328 g/mol. The number of hydrogen-bond donors (Lipinski definition) is 1. The van der Waals surface area contributed by atoms with E-state index in [2.05, 4.69) is 10.3 Å². The Hall–Kier alpha value is -2.99. The number of carbonyl (C=O) groups excluding carboxylic acids is 2. The van der Waals surface area contributed by atoms with E-state index < -0.39 is 0 Å². The minimum Gasteiger partial charge on any atom is -0.309 e. The largest absolute Gasteiger partial charge is 0.309 e. The monoisotopic (exact) mass is 348 g/mol. The molecule has 6 heteroatoms. The molecule has 3 aromatic rings. The first-order chi connectivity index (χ1) is 12.6. The van der Waals surface area contributed by atoms with Crippen molar-refractivity contribution in [3.05, 3.63) is 71.7 Å². The highest BCUT2D eigenvalue weighted by molar-refractivity contribution is 6.21. The van der Waals surface area contributed by atoms with E-state index in [-0.39, 0.29) is 17.9 Å². The molecule has 1 aliphatic rings. The van der Waals surface area contributed by atoms with E-state index in [1.165, 1.54) is 4.90 Å². The highest BCUT2D eigenvalue weighted by Gasteiger charge is 2.34. The second-order valence-electron chi connectivity index (χ2n) is 6.58. The van der Waals surface area contributed by atoms with Crippen molar-refractivity contribution < 1.29 is 9.59 Å². The summed E-state index contributed by atoms with van der Waals surface area (Å²) in [6.07, 6.45) is 4.66. The first kappa shape index (κ1) is 16.5. The molecule has 0 spiro atoms. The molecular formula is C20H20N4O2. The zero-order chi connectivity index (χ0) is 18.1. The van der Waals surface area contributed by atoms with Crippen LogP contribution in [0, 0.1) is 0 Å². The van der Waals surface area contributed by atoms with Gasteiger partial charge in [-0.25, -0.2) is 4.98 Å². The van der Waals surface area contributed by atoms with E-state index in [0.717, 1.165) is 11.3 Å². The van der Waals surface area contributed by atoms with Crippen LogP contribution in [0.5, 0.6) is 0 Å². The van der Waals surface area contributed by atoms with Crippen LogP contribution in [-0.4, -0.2) is 38.7 Å². The van der Waals surface area contributed by atoms with Gasteiger partial charge in [-0.15, -0.1) is 0 Å². The smallest absolute Gasteiger partial charge is 0.261 e. The topological polar surface area (TPSA) is 66.7 Å².